The van der Waals surface area contributed by atoms with Crippen molar-refractivity contribution in [1.82, 2.24) is 9.97 Å². The van der Waals surface area contributed by atoms with Crippen LogP contribution in [0.3, 0.4) is 0 Å². The van der Waals surface area contributed by atoms with Crippen molar-refractivity contribution in [2.45, 2.75) is 18.9 Å². The number of nitriles is 1. The lowest BCUT2D eigenvalue weighted by Gasteiger charge is -2.32. The molecule has 8 heteroatoms. The van der Waals surface area contributed by atoms with Gasteiger partial charge in [0.2, 0.25) is 5.95 Å². The predicted octanol–water partition coefficient (Wildman–Crippen LogP) is 2.34. The first-order valence-electron chi connectivity index (χ1n) is 7.64. The van der Waals surface area contributed by atoms with E-state index in [1.54, 1.807) is 24.5 Å². The van der Waals surface area contributed by atoms with Gasteiger partial charge in [-0.25, -0.2) is 9.97 Å². The van der Waals surface area contributed by atoms with Gasteiger partial charge in [-0.3, -0.25) is 10.1 Å². The quantitative estimate of drug-likeness (QED) is 0.679. The van der Waals surface area contributed by atoms with Gasteiger partial charge in [0.15, 0.2) is 0 Å². The number of nitro benzene ring substituents is 1. The molecule has 1 aliphatic heterocycles. The van der Waals surface area contributed by atoms with E-state index in [9.17, 15) is 10.1 Å². The van der Waals surface area contributed by atoms with Crippen molar-refractivity contribution in [2.24, 2.45) is 0 Å². The number of aromatic nitrogens is 2. The minimum absolute atomic E-state index is 0.0696. The Balaban J connectivity index is 1.62. The van der Waals surface area contributed by atoms with Gasteiger partial charge in [-0.15, -0.1) is 0 Å². The topological polar surface area (TPSA) is 108 Å². The third-order valence-corrected chi connectivity index (χ3v) is 4.01. The predicted molar refractivity (Wildman–Crippen MR) is 88.7 cm³/mol. The number of rotatable bonds is 4. The van der Waals surface area contributed by atoms with Gasteiger partial charge < -0.3 is 10.2 Å². The second kappa shape index (κ2) is 6.91. The molecule has 0 bridgehead atoms. The summed E-state index contributed by atoms with van der Waals surface area (Å²) in [5, 5.41) is 23.3. The molecule has 2 heterocycles. The van der Waals surface area contributed by atoms with E-state index >= 15 is 0 Å². The van der Waals surface area contributed by atoms with Gasteiger partial charge in [0, 0.05) is 43.3 Å². The Kier molecular flexibility index (Phi) is 4.52. The summed E-state index contributed by atoms with van der Waals surface area (Å²) in [6.07, 6.45) is 5.26. The molecule has 1 saturated heterocycles. The van der Waals surface area contributed by atoms with Crippen LogP contribution in [-0.4, -0.2) is 34.0 Å². The van der Waals surface area contributed by atoms with Gasteiger partial charge in [-0.05, 0) is 31.0 Å². The molecule has 122 valence electrons. The molecule has 0 unspecified atom stereocenters. The highest BCUT2D eigenvalue weighted by atomic mass is 16.6. The third kappa shape index (κ3) is 3.41. The molecule has 0 atom stereocenters. The zero-order chi connectivity index (χ0) is 16.9. The van der Waals surface area contributed by atoms with Gasteiger partial charge >= 0.3 is 0 Å². The lowest BCUT2D eigenvalue weighted by Crippen LogP contribution is -2.39. The van der Waals surface area contributed by atoms with E-state index in [0.717, 1.165) is 37.6 Å². The van der Waals surface area contributed by atoms with Crippen LogP contribution in [0, 0.1) is 21.4 Å². The monoisotopic (exact) mass is 324 g/mol. The second-order valence-corrected chi connectivity index (χ2v) is 5.56. The molecule has 0 radical (unpaired) electrons. The summed E-state index contributed by atoms with van der Waals surface area (Å²) in [4.78, 5) is 21.0. The molecule has 2 aromatic rings. The average Bonchev–Trinajstić information content (AvgIpc) is 2.63. The highest BCUT2D eigenvalue weighted by Crippen LogP contribution is 2.24. The zero-order valence-corrected chi connectivity index (χ0v) is 12.9. The lowest BCUT2D eigenvalue weighted by atomic mass is 10.0. The summed E-state index contributed by atoms with van der Waals surface area (Å²) < 4.78 is 0. The number of nitro groups is 1. The van der Waals surface area contributed by atoms with Crippen molar-refractivity contribution in [2.75, 3.05) is 23.3 Å². The maximum atomic E-state index is 10.9. The van der Waals surface area contributed by atoms with E-state index in [0.29, 0.717) is 0 Å². The second-order valence-electron chi connectivity index (χ2n) is 5.56. The van der Waals surface area contributed by atoms with Gasteiger partial charge in [-0.2, -0.15) is 5.26 Å². The molecule has 1 fully saturated rings. The molecule has 1 N–H and O–H groups in total. The van der Waals surface area contributed by atoms with E-state index < -0.39 is 4.92 Å². The molecule has 0 amide bonds. The number of hydrogen-bond acceptors (Lipinski definition) is 7. The first-order chi connectivity index (χ1) is 11.7. The summed E-state index contributed by atoms with van der Waals surface area (Å²) in [6.45, 7) is 1.67. The van der Waals surface area contributed by atoms with Gasteiger partial charge in [0.05, 0.1) is 4.92 Å². The van der Waals surface area contributed by atoms with Crippen LogP contribution in [0.25, 0.3) is 0 Å². The molecular formula is C16H16N6O2. The van der Waals surface area contributed by atoms with Crippen LogP contribution in [0.15, 0.2) is 36.7 Å². The van der Waals surface area contributed by atoms with Crippen LogP contribution in [0.5, 0.6) is 0 Å². The van der Waals surface area contributed by atoms with Gasteiger partial charge in [-0.1, -0.05) is 0 Å². The van der Waals surface area contributed by atoms with Crippen LogP contribution in [0.1, 0.15) is 18.4 Å². The van der Waals surface area contributed by atoms with Crippen molar-refractivity contribution in [3.63, 3.8) is 0 Å². The number of anilines is 2. The normalized spacial score (nSPS) is 14.9. The number of hydrogen-bond donors (Lipinski definition) is 1. The largest absolute Gasteiger partial charge is 0.382 e. The highest BCUT2D eigenvalue weighted by Gasteiger charge is 2.21. The zero-order valence-electron chi connectivity index (χ0n) is 12.9. The number of nitrogens with one attached hydrogen (secondary N) is 1. The summed E-state index contributed by atoms with van der Waals surface area (Å²) in [5.41, 5.74) is 0.630. The van der Waals surface area contributed by atoms with Crippen LogP contribution < -0.4 is 10.2 Å². The number of nitrogens with zero attached hydrogens (tertiary/aromatic N) is 5. The Morgan fingerprint density at radius 2 is 2.00 bits per heavy atom. The van der Waals surface area contributed by atoms with Gasteiger partial charge in [0.25, 0.3) is 5.69 Å². The van der Waals surface area contributed by atoms with E-state index in [1.165, 1.54) is 12.1 Å². The molecule has 3 rings (SSSR count). The smallest absolute Gasteiger partial charge is 0.287 e. The molecule has 1 aromatic heterocycles. The number of benzene rings is 1. The fourth-order valence-corrected chi connectivity index (χ4v) is 2.79. The van der Waals surface area contributed by atoms with Crippen molar-refractivity contribution in [3.05, 3.63) is 52.3 Å². The van der Waals surface area contributed by atoms with Crippen LogP contribution >= 0.6 is 0 Å². The molecule has 8 nitrogen and oxygen atoms in total. The fourth-order valence-electron chi connectivity index (χ4n) is 2.79. The lowest BCUT2D eigenvalue weighted by molar-refractivity contribution is -0.385. The first-order valence-corrected chi connectivity index (χ1v) is 7.64. The number of piperidine rings is 1. The maximum absolute atomic E-state index is 10.9. The standard InChI is InChI=1S/C16H16N6O2/c17-11-12-10-14(2-3-15(12)22(23)24)20-13-4-8-21(9-5-13)16-18-6-1-7-19-16/h1-3,6-7,10,13,20H,4-5,8-9H2. The Morgan fingerprint density at radius 1 is 1.29 bits per heavy atom. The molecular weight excluding hydrogens is 308 g/mol. The molecule has 0 saturated carbocycles. The van der Waals surface area contributed by atoms with E-state index in [1.807, 2.05) is 6.07 Å². The molecule has 0 aliphatic carbocycles. The van der Waals surface area contributed by atoms with Gasteiger partial charge in [0.1, 0.15) is 11.6 Å². The summed E-state index contributed by atoms with van der Waals surface area (Å²) in [7, 11) is 0. The SMILES string of the molecule is N#Cc1cc(NC2CCN(c3ncccn3)CC2)ccc1[N+](=O)[O-]. The van der Waals surface area contributed by atoms with Crippen molar-refractivity contribution >= 4 is 17.3 Å². The summed E-state index contributed by atoms with van der Waals surface area (Å²) in [5.74, 6) is 0.734. The van der Waals surface area contributed by atoms with E-state index in [4.69, 9.17) is 5.26 Å². The highest BCUT2D eigenvalue weighted by molar-refractivity contribution is 5.59. The van der Waals surface area contributed by atoms with Crippen LogP contribution in [-0.2, 0) is 0 Å². The maximum Gasteiger partial charge on any atom is 0.287 e. The summed E-state index contributed by atoms with van der Waals surface area (Å²) >= 11 is 0. The summed E-state index contributed by atoms with van der Waals surface area (Å²) in [6, 6.07) is 8.46. The average molecular weight is 324 g/mol. The van der Waals surface area contributed by atoms with Crippen LogP contribution in [0.4, 0.5) is 17.3 Å². The van der Waals surface area contributed by atoms with Crippen molar-refractivity contribution in [3.8, 4) is 6.07 Å². The van der Waals surface area contributed by atoms with E-state index in [2.05, 4.69) is 20.2 Å². The third-order valence-electron chi connectivity index (χ3n) is 4.01. The van der Waals surface area contributed by atoms with Crippen molar-refractivity contribution < 1.29 is 4.92 Å². The minimum atomic E-state index is -0.541. The van der Waals surface area contributed by atoms with Crippen LogP contribution in [0.2, 0.25) is 0 Å². The molecule has 0 spiro atoms. The minimum Gasteiger partial charge on any atom is -0.382 e. The van der Waals surface area contributed by atoms with E-state index in [-0.39, 0.29) is 17.3 Å². The molecule has 1 aromatic carbocycles. The van der Waals surface area contributed by atoms with Crippen molar-refractivity contribution in [1.29, 1.82) is 5.26 Å². The Labute approximate surface area is 138 Å². The molecule has 1 aliphatic rings. The Hall–Kier alpha value is -3.21. The first kappa shape index (κ1) is 15.7. The Morgan fingerprint density at radius 3 is 2.62 bits per heavy atom. The Bertz CT molecular complexity index is 766. The fraction of sp³-hybridized carbons (Fsp3) is 0.312. The molecule has 24 heavy (non-hydrogen) atoms.